The van der Waals surface area contributed by atoms with Gasteiger partial charge in [-0.2, -0.15) is 0 Å². The van der Waals surface area contributed by atoms with E-state index in [-0.39, 0.29) is 11.1 Å². The summed E-state index contributed by atoms with van der Waals surface area (Å²) >= 11 is 3.32. The van der Waals surface area contributed by atoms with E-state index in [4.69, 9.17) is 10.5 Å². The number of nitrogens with two attached hydrogens (primary N) is 1. The predicted molar refractivity (Wildman–Crippen MR) is 105 cm³/mol. The van der Waals surface area contributed by atoms with Gasteiger partial charge in [-0.3, -0.25) is 4.79 Å². The van der Waals surface area contributed by atoms with Crippen LogP contribution in [0.15, 0.2) is 57.8 Å². The number of H-pyrrole nitrogens is 1. The van der Waals surface area contributed by atoms with Gasteiger partial charge in [-0.1, -0.05) is 28.1 Å². The first kappa shape index (κ1) is 19.2. The van der Waals surface area contributed by atoms with Gasteiger partial charge in [0.15, 0.2) is 0 Å². The Morgan fingerprint density at radius 2 is 1.39 bits per heavy atom. The number of rotatable bonds is 5. The van der Waals surface area contributed by atoms with Gasteiger partial charge in [-0.15, -0.1) is 0 Å². The maximum atomic E-state index is 12.0. The van der Waals surface area contributed by atoms with Crippen LogP contribution >= 0.6 is 15.9 Å². The molecule has 0 amide bonds. The molecule has 0 atom stereocenters. The lowest BCUT2D eigenvalue weighted by Gasteiger charge is -2.13. The summed E-state index contributed by atoms with van der Waals surface area (Å²) in [6.07, 6.45) is 0. The van der Waals surface area contributed by atoms with Crippen molar-refractivity contribution in [2.24, 2.45) is 0 Å². The van der Waals surface area contributed by atoms with E-state index >= 15 is 0 Å². The van der Waals surface area contributed by atoms with Crippen molar-refractivity contribution >= 4 is 33.7 Å². The lowest BCUT2D eigenvalue weighted by Crippen LogP contribution is -2.24. The minimum atomic E-state index is -1.56. The minimum absolute atomic E-state index is 0.204. The number of anilines is 1. The molecule has 28 heavy (non-hydrogen) atoms. The van der Waals surface area contributed by atoms with Crippen LogP contribution in [-0.2, 0) is 0 Å². The molecule has 3 aromatic rings. The summed E-state index contributed by atoms with van der Waals surface area (Å²) in [5.74, 6) is -2.42. The summed E-state index contributed by atoms with van der Waals surface area (Å²) in [4.78, 5) is 37.3. The number of nitrogens with one attached hydrogen (secondary N) is 1. The van der Waals surface area contributed by atoms with Gasteiger partial charge in [-0.25, -0.2) is 9.59 Å². The molecule has 0 radical (unpaired) electrons. The molecular weight excluding hydrogens is 432 g/mol. The molecule has 2 aromatic carbocycles. The Morgan fingerprint density at radius 3 is 1.89 bits per heavy atom. The van der Waals surface area contributed by atoms with Crippen molar-refractivity contribution in [2.75, 3.05) is 5.73 Å². The van der Waals surface area contributed by atoms with Crippen LogP contribution < -0.4 is 16.0 Å². The van der Waals surface area contributed by atoms with Gasteiger partial charge in [0.05, 0.1) is 0 Å². The number of aromatic amines is 1. The van der Waals surface area contributed by atoms with E-state index in [0.717, 1.165) is 4.47 Å². The molecule has 0 aliphatic heterocycles. The molecule has 5 N–H and O–H groups in total. The average Bonchev–Trinajstić information content (AvgIpc) is 2.63. The van der Waals surface area contributed by atoms with Crippen molar-refractivity contribution in [2.45, 2.75) is 0 Å². The van der Waals surface area contributed by atoms with Gasteiger partial charge in [0.2, 0.25) is 0 Å². The Balaban J connectivity index is 2.08. The molecule has 0 aliphatic rings. The third kappa shape index (κ3) is 3.74. The lowest BCUT2D eigenvalue weighted by atomic mass is 9.95. The van der Waals surface area contributed by atoms with Crippen LogP contribution in [0.25, 0.3) is 11.1 Å². The van der Waals surface area contributed by atoms with E-state index in [0.29, 0.717) is 11.5 Å². The first-order valence-corrected chi connectivity index (χ1v) is 8.63. The molecule has 0 saturated carbocycles. The van der Waals surface area contributed by atoms with Crippen LogP contribution in [0.2, 0.25) is 0 Å². The number of nitrogen functional groups attached to an aromatic ring is 1. The highest BCUT2D eigenvalue weighted by atomic mass is 79.9. The number of carbonyl (C=O) groups is 2. The Hall–Kier alpha value is -3.59. The number of carboxylic acids is 2. The molecule has 1 heterocycles. The van der Waals surface area contributed by atoms with Gasteiger partial charge >= 0.3 is 11.9 Å². The van der Waals surface area contributed by atoms with Crippen LogP contribution in [0.3, 0.4) is 0 Å². The fraction of sp³-hybridized carbons (Fsp3) is 0. The predicted octanol–water partition coefficient (Wildman–Crippen LogP) is 3.58. The van der Waals surface area contributed by atoms with Crippen LogP contribution in [0.1, 0.15) is 20.7 Å². The van der Waals surface area contributed by atoms with E-state index in [1.807, 2.05) is 0 Å². The second-order valence-corrected chi connectivity index (χ2v) is 6.60. The van der Waals surface area contributed by atoms with Crippen molar-refractivity contribution < 1.29 is 24.5 Å². The molecule has 1 aromatic heterocycles. The van der Waals surface area contributed by atoms with Crippen LogP contribution in [0.5, 0.6) is 11.5 Å². The summed E-state index contributed by atoms with van der Waals surface area (Å²) < 4.78 is 6.57. The fourth-order valence-electron chi connectivity index (χ4n) is 2.66. The lowest BCUT2D eigenvalue weighted by molar-refractivity contribution is 0.0695. The Labute approximate surface area is 166 Å². The van der Waals surface area contributed by atoms with Gasteiger partial charge in [0.25, 0.3) is 5.56 Å². The summed E-state index contributed by atoms with van der Waals surface area (Å²) in [6.45, 7) is 0. The zero-order chi connectivity index (χ0) is 20.4. The maximum Gasteiger partial charge on any atom is 0.342 e. The van der Waals surface area contributed by atoms with Crippen LogP contribution in [0.4, 0.5) is 5.82 Å². The topological polar surface area (TPSA) is 143 Å². The first-order valence-electron chi connectivity index (χ1n) is 7.84. The summed E-state index contributed by atoms with van der Waals surface area (Å²) in [7, 11) is 0. The highest BCUT2D eigenvalue weighted by molar-refractivity contribution is 9.10. The summed E-state index contributed by atoms with van der Waals surface area (Å²) in [6, 6.07) is 13.1. The molecule has 8 nitrogen and oxygen atoms in total. The summed E-state index contributed by atoms with van der Waals surface area (Å²) in [5.41, 5.74) is 3.38. The number of ether oxygens (including phenoxy) is 1. The van der Waals surface area contributed by atoms with E-state index in [2.05, 4.69) is 20.9 Å². The standard InChI is InChI=1S/C19H13BrN2O6/c20-10-3-7-12(8-4-10)28-11-5-1-9(2-6-11)13-14(18(24)25)16(21)22-17(23)15(13)19(26)27/h1-8H,(H,24,25)(H,26,27)(H3,21,22,23). The molecule has 0 fully saturated rings. The van der Waals surface area contributed by atoms with E-state index in [1.54, 1.807) is 24.3 Å². The molecule has 0 unspecified atom stereocenters. The number of hydrogen-bond donors (Lipinski definition) is 4. The SMILES string of the molecule is Nc1[nH]c(=O)c(C(=O)O)c(-c2ccc(Oc3ccc(Br)cc3)cc2)c1C(=O)O. The first-order chi connectivity index (χ1) is 13.3. The Bertz CT molecular complexity index is 1120. The number of benzene rings is 2. The number of aromatic carboxylic acids is 2. The monoisotopic (exact) mass is 444 g/mol. The number of pyridine rings is 1. The summed E-state index contributed by atoms with van der Waals surface area (Å²) in [5, 5.41) is 18.8. The quantitative estimate of drug-likeness (QED) is 0.470. The smallest absolute Gasteiger partial charge is 0.342 e. The molecule has 3 rings (SSSR count). The van der Waals surface area contributed by atoms with Crippen molar-refractivity contribution in [1.29, 1.82) is 0 Å². The van der Waals surface area contributed by atoms with Gasteiger partial charge in [-0.05, 0) is 42.0 Å². The van der Waals surface area contributed by atoms with Crippen molar-refractivity contribution in [1.82, 2.24) is 4.98 Å². The largest absolute Gasteiger partial charge is 0.478 e. The van der Waals surface area contributed by atoms with Gasteiger partial charge < -0.3 is 25.7 Å². The highest BCUT2D eigenvalue weighted by Gasteiger charge is 2.26. The van der Waals surface area contributed by atoms with Gasteiger partial charge in [0, 0.05) is 10.0 Å². The Kier molecular flexibility index (Phi) is 5.18. The molecule has 142 valence electrons. The maximum absolute atomic E-state index is 12.0. The zero-order valence-corrected chi connectivity index (χ0v) is 15.7. The molecule has 0 bridgehead atoms. The van der Waals surface area contributed by atoms with Crippen LogP contribution in [0, 0.1) is 0 Å². The molecular formula is C19H13BrN2O6. The zero-order valence-electron chi connectivity index (χ0n) is 14.1. The molecule has 0 spiro atoms. The highest BCUT2D eigenvalue weighted by Crippen LogP contribution is 2.31. The number of hydrogen-bond acceptors (Lipinski definition) is 5. The van der Waals surface area contributed by atoms with E-state index < -0.39 is 34.4 Å². The fourth-order valence-corrected chi connectivity index (χ4v) is 2.93. The minimum Gasteiger partial charge on any atom is -0.478 e. The number of carboxylic acid groups (broad SMARTS) is 2. The second kappa shape index (κ2) is 7.57. The molecule has 0 aliphatic carbocycles. The van der Waals surface area contributed by atoms with Crippen molar-refractivity contribution in [3.8, 4) is 22.6 Å². The average molecular weight is 445 g/mol. The van der Waals surface area contributed by atoms with E-state index in [1.165, 1.54) is 24.3 Å². The normalized spacial score (nSPS) is 10.5. The van der Waals surface area contributed by atoms with Crippen molar-refractivity contribution in [3.05, 3.63) is 74.5 Å². The second-order valence-electron chi connectivity index (χ2n) is 5.68. The molecule has 0 saturated heterocycles. The molecule has 9 heteroatoms. The number of halogens is 1. The van der Waals surface area contributed by atoms with Crippen LogP contribution in [-0.4, -0.2) is 27.1 Å². The number of aromatic nitrogens is 1. The third-order valence-corrected chi connectivity index (χ3v) is 4.39. The third-order valence-electron chi connectivity index (χ3n) is 3.86. The Morgan fingerprint density at radius 1 is 0.893 bits per heavy atom. The van der Waals surface area contributed by atoms with E-state index in [9.17, 15) is 24.6 Å². The van der Waals surface area contributed by atoms with Crippen molar-refractivity contribution in [3.63, 3.8) is 0 Å². The van der Waals surface area contributed by atoms with Gasteiger partial charge in [0.1, 0.15) is 28.4 Å².